The van der Waals surface area contributed by atoms with E-state index < -0.39 is 0 Å². The van der Waals surface area contributed by atoms with Crippen molar-refractivity contribution in [2.75, 3.05) is 13.1 Å². The number of likely N-dealkylation sites (tertiary alicyclic amines) is 1. The van der Waals surface area contributed by atoms with Crippen molar-refractivity contribution in [1.29, 1.82) is 0 Å². The first-order valence-corrected chi connectivity index (χ1v) is 8.10. The smallest absolute Gasteiger partial charge is 0.265 e. The number of nitrogens with two attached hydrogens (primary N) is 1. The molecule has 1 atom stereocenters. The number of rotatable bonds is 3. The van der Waals surface area contributed by atoms with Gasteiger partial charge in [-0.25, -0.2) is 9.37 Å². The SMILES string of the molecule is Cc1nc(Cc2ccc(F)cc2)sc1C(=O)N1CC[C@@H](N)C1. The zero-order chi connectivity index (χ0) is 15.7. The number of nitrogens with zero attached hydrogens (tertiary/aromatic N) is 2. The summed E-state index contributed by atoms with van der Waals surface area (Å²) < 4.78 is 12.9. The molecule has 116 valence electrons. The van der Waals surface area contributed by atoms with Gasteiger partial charge in [-0.05, 0) is 31.0 Å². The number of aromatic nitrogens is 1. The highest BCUT2D eigenvalue weighted by Crippen LogP contribution is 2.24. The maximum absolute atomic E-state index is 12.9. The molecule has 0 spiro atoms. The van der Waals surface area contributed by atoms with Gasteiger partial charge in [0, 0.05) is 25.6 Å². The van der Waals surface area contributed by atoms with E-state index in [2.05, 4.69) is 4.98 Å². The molecule has 1 saturated heterocycles. The normalized spacial score (nSPS) is 18.0. The highest BCUT2D eigenvalue weighted by Gasteiger charge is 2.27. The lowest BCUT2D eigenvalue weighted by molar-refractivity contribution is 0.0794. The first-order valence-electron chi connectivity index (χ1n) is 7.28. The van der Waals surface area contributed by atoms with Crippen molar-refractivity contribution in [2.45, 2.75) is 25.8 Å². The second-order valence-electron chi connectivity index (χ2n) is 5.63. The molecule has 4 nitrogen and oxygen atoms in total. The lowest BCUT2D eigenvalue weighted by atomic mass is 10.1. The average molecular weight is 319 g/mol. The van der Waals surface area contributed by atoms with Crippen molar-refractivity contribution in [1.82, 2.24) is 9.88 Å². The van der Waals surface area contributed by atoms with E-state index in [-0.39, 0.29) is 17.8 Å². The zero-order valence-electron chi connectivity index (χ0n) is 12.4. The predicted octanol–water partition coefficient (Wildman–Crippen LogP) is 2.35. The van der Waals surface area contributed by atoms with Crippen LogP contribution in [0.4, 0.5) is 4.39 Å². The molecule has 0 radical (unpaired) electrons. The molecular weight excluding hydrogens is 301 g/mol. The number of aryl methyl sites for hydroxylation is 1. The van der Waals surface area contributed by atoms with Crippen molar-refractivity contribution in [3.63, 3.8) is 0 Å². The number of hydrogen-bond donors (Lipinski definition) is 1. The van der Waals surface area contributed by atoms with Crippen LogP contribution in [0.25, 0.3) is 0 Å². The van der Waals surface area contributed by atoms with E-state index in [1.807, 2.05) is 6.92 Å². The fourth-order valence-electron chi connectivity index (χ4n) is 2.62. The summed E-state index contributed by atoms with van der Waals surface area (Å²) in [6, 6.07) is 6.44. The molecule has 2 aromatic rings. The van der Waals surface area contributed by atoms with Crippen LogP contribution in [0, 0.1) is 12.7 Å². The number of halogens is 1. The summed E-state index contributed by atoms with van der Waals surface area (Å²) in [5.74, 6) is -0.228. The summed E-state index contributed by atoms with van der Waals surface area (Å²) >= 11 is 1.42. The molecule has 2 N–H and O–H groups in total. The van der Waals surface area contributed by atoms with Gasteiger partial charge in [0.1, 0.15) is 10.7 Å². The Kier molecular flexibility index (Phi) is 4.22. The molecule has 1 aromatic carbocycles. The Labute approximate surface area is 132 Å². The van der Waals surface area contributed by atoms with E-state index in [4.69, 9.17) is 5.73 Å². The van der Waals surface area contributed by atoms with Gasteiger partial charge in [-0.3, -0.25) is 4.79 Å². The van der Waals surface area contributed by atoms with Gasteiger partial charge in [0.2, 0.25) is 0 Å². The molecule has 6 heteroatoms. The molecule has 22 heavy (non-hydrogen) atoms. The van der Waals surface area contributed by atoms with E-state index >= 15 is 0 Å². The monoisotopic (exact) mass is 319 g/mol. The molecule has 1 amide bonds. The molecular formula is C16H18FN3OS. The molecule has 0 aliphatic carbocycles. The van der Waals surface area contributed by atoms with Gasteiger partial charge in [-0.1, -0.05) is 12.1 Å². The van der Waals surface area contributed by atoms with Gasteiger partial charge in [-0.2, -0.15) is 0 Å². The number of carbonyl (C=O) groups is 1. The van der Waals surface area contributed by atoms with Crippen molar-refractivity contribution < 1.29 is 9.18 Å². The molecule has 1 aromatic heterocycles. The van der Waals surface area contributed by atoms with Crippen LogP contribution in [0.5, 0.6) is 0 Å². The highest BCUT2D eigenvalue weighted by atomic mass is 32.1. The van der Waals surface area contributed by atoms with Crippen molar-refractivity contribution in [2.24, 2.45) is 5.73 Å². The number of hydrogen-bond acceptors (Lipinski definition) is 4. The van der Waals surface area contributed by atoms with Gasteiger partial charge >= 0.3 is 0 Å². The summed E-state index contributed by atoms with van der Waals surface area (Å²) in [7, 11) is 0. The predicted molar refractivity (Wildman–Crippen MR) is 84.6 cm³/mol. The van der Waals surface area contributed by atoms with E-state index in [9.17, 15) is 9.18 Å². The van der Waals surface area contributed by atoms with E-state index in [0.29, 0.717) is 24.4 Å². The molecule has 1 aliphatic heterocycles. The third kappa shape index (κ3) is 3.18. The van der Waals surface area contributed by atoms with Crippen LogP contribution in [0.1, 0.15) is 32.4 Å². The van der Waals surface area contributed by atoms with Crippen LogP contribution >= 0.6 is 11.3 Å². The van der Waals surface area contributed by atoms with Crippen molar-refractivity contribution >= 4 is 17.2 Å². The number of benzene rings is 1. The van der Waals surface area contributed by atoms with E-state index in [0.717, 1.165) is 22.7 Å². The highest BCUT2D eigenvalue weighted by molar-refractivity contribution is 7.13. The Morgan fingerprint density at radius 2 is 2.18 bits per heavy atom. The third-order valence-corrected chi connectivity index (χ3v) is 4.96. The minimum atomic E-state index is -0.250. The van der Waals surface area contributed by atoms with Crippen LogP contribution < -0.4 is 5.73 Å². The van der Waals surface area contributed by atoms with Crippen LogP contribution in [-0.2, 0) is 6.42 Å². The summed E-state index contributed by atoms with van der Waals surface area (Å²) in [6.07, 6.45) is 1.46. The Hall–Kier alpha value is -1.79. The molecule has 0 bridgehead atoms. The Bertz CT molecular complexity index is 683. The van der Waals surface area contributed by atoms with Gasteiger partial charge in [-0.15, -0.1) is 11.3 Å². The second kappa shape index (κ2) is 6.14. The molecule has 0 saturated carbocycles. The average Bonchev–Trinajstić information content (AvgIpc) is 3.07. The second-order valence-corrected chi connectivity index (χ2v) is 6.71. The first-order chi connectivity index (χ1) is 10.5. The standard InChI is InChI=1S/C16H18FN3OS/c1-10-15(16(21)20-7-6-13(18)9-20)22-14(19-10)8-11-2-4-12(17)5-3-11/h2-5,13H,6-9,18H2,1H3/t13-/m1/s1. The fourth-order valence-corrected chi connectivity index (χ4v) is 3.69. The van der Waals surface area contributed by atoms with E-state index in [1.165, 1.54) is 23.5 Å². The van der Waals surface area contributed by atoms with Crippen molar-refractivity contribution in [3.8, 4) is 0 Å². The fraction of sp³-hybridized carbons (Fsp3) is 0.375. The van der Waals surface area contributed by atoms with Crippen LogP contribution in [0.3, 0.4) is 0 Å². The summed E-state index contributed by atoms with van der Waals surface area (Å²) in [6.45, 7) is 3.18. The first kappa shape index (κ1) is 15.1. The van der Waals surface area contributed by atoms with Gasteiger partial charge in [0.15, 0.2) is 0 Å². The topological polar surface area (TPSA) is 59.2 Å². The van der Waals surface area contributed by atoms with Crippen LogP contribution in [-0.4, -0.2) is 34.9 Å². The van der Waals surface area contributed by atoms with Gasteiger partial charge < -0.3 is 10.6 Å². The lowest BCUT2D eigenvalue weighted by Crippen LogP contribution is -2.31. The molecule has 2 heterocycles. The van der Waals surface area contributed by atoms with Gasteiger partial charge in [0.25, 0.3) is 5.91 Å². The minimum Gasteiger partial charge on any atom is -0.336 e. The summed E-state index contributed by atoms with van der Waals surface area (Å²) in [4.78, 5) is 19.5. The summed E-state index contributed by atoms with van der Waals surface area (Å²) in [5, 5.41) is 0.871. The van der Waals surface area contributed by atoms with E-state index in [1.54, 1.807) is 17.0 Å². The Morgan fingerprint density at radius 1 is 1.45 bits per heavy atom. The van der Waals surface area contributed by atoms with Crippen molar-refractivity contribution in [3.05, 3.63) is 51.2 Å². The number of amides is 1. The Morgan fingerprint density at radius 3 is 2.82 bits per heavy atom. The van der Waals surface area contributed by atoms with Crippen LogP contribution in [0.2, 0.25) is 0 Å². The molecule has 1 fully saturated rings. The quantitative estimate of drug-likeness (QED) is 0.945. The molecule has 3 rings (SSSR count). The number of carbonyl (C=O) groups excluding carboxylic acids is 1. The van der Waals surface area contributed by atoms with Gasteiger partial charge in [0.05, 0.1) is 10.7 Å². The van der Waals surface area contributed by atoms with Crippen LogP contribution in [0.15, 0.2) is 24.3 Å². The maximum atomic E-state index is 12.9. The Balaban J connectivity index is 1.75. The number of thiazole rings is 1. The summed E-state index contributed by atoms with van der Waals surface area (Å²) in [5.41, 5.74) is 7.60. The molecule has 1 aliphatic rings. The zero-order valence-corrected chi connectivity index (χ0v) is 13.2. The minimum absolute atomic E-state index is 0.0216. The molecule has 0 unspecified atom stereocenters. The third-order valence-electron chi connectivity index (χ3n) is 3.82. The largest absolute Gasteiger partial charge is 0.336 e. The maximum Gasteiger partial charge on any atom is 0.265 e. The lowest BCUT2D eigenvalue weighted by Gasteiger charge is -2.14.